The van der Waals surface area contributed by atoms with E-state index in [0.29, 0.717) is 51.6 Å². The van der Waals surface area contributed by atoms with Crippen LogP contribution in [0.4, 0.5) is 5.69 Å². The zero-order valence-corrected chi connectivity index (χ0v) is 18.7. The molecule has 0 atom stereocenters. The Hall–Kier alpha value is -4.08. The highest BCUT2D eigenvalue weighted by Gasteiger charge is 2.16. The number of halogens is 1. The van der Waals surface area contributed by atoms with Crippen LogP contribution in [0.5, 0.6) is 5.75 Å². The van der Waals surface area contributed by atoms with Gasteiger partial charge in [-0.25, -0.2) is 0 Å². The lowest BCUT2D eigenvalue weighted by Gasteiger charge is -2.16. The van der Waals surface area contributed by atoms with Crippen LogP contribution in [-0.2, 0) is 13.1 Å². The summed E-state index contributed by atoms with van der Waals surface area (Å²) in [7, 11) is 1.56. The van der Waals surface area contributed by atoms with E-state index in [1.165, 1.54) is 0 Å². The molecule has 4 aromatic rings. The average molecular weight is 457 g/mol. The largest absolute Gasteiger partial charge is 0.495 e. The smallest absolute Gasteiger partial charge is 0.255 e. The first kappa shape index (κ1) is 22.1. The number of aromatic nitrogens is 1. The van der Waals surface area contributed by atoms with E-state index in [1.807, 2.05) is 42.5 Å². The highest BCUT2D eigenvalue weighted by Crippen LogP contribution is 2.29. The van der Waals surface area contributed by atoms with Crippen molar-refractivity contribution in [2.24, 2.45) is 0 Å². The van der Waals surface area contributed by atoms with Gasteiger partial charge in [-0.3, -0.25) is 9.78 Å². The van der Waals surface area contributed by atoms with Crippen molar-refractivity contribution in [1.29, 1.82) is 5.26 Å². The average Bonchev–Trinajstić information content (AvgIpc) is 2.86. The van der Waals surface area contributed by atoms with Gasteiger partial charge in [0, 0.05) is 24.7 Å². The molecule has 1 amide bonds. The van der Waals surface area contributed by atoms with Crippen molar-refractivity contribution in [2.45, 2.75) is 13.1 Å². The Bertz CT molecular complexity index is 1350. The molecule has 0 bridgehead atoms. The van der Waals surface area contributed by atoms with Gasteiger partial charge in [0.15, 0.2) is 0 Å². The molecule has 7 heteroatoms. The van der Waals surface area contributed by atoms with Gasteiger partial charge in [0.2, 0.25) is 0 Å². The minimum atomic E-state index is -0.258. The zero-order chi connectivity index (χ0) is 23.2. The first-order chi connectivity index (χ1) is 16.1. The summed E-state index contributed by atoms with van der Waals surface area (Å²) in [6.45, 7) is 0.808. The molecule has 1 aromatic heterocycles. The van der Waals surface area contributed by atoms with E-state index >= 15 is 0 Å². The molecule has 0 aliphatic heterocycles. The summed E-state index contributed by atoms with van der Waals surface area (Å²) in [5, 5.41) is 16.9. The van der Waals surface area contributed by atoms with Crippen LogP contribution in [0, 0.1) is 11.3 Å². The number of amides is 1. The zero-order valence-electron chi connectivity index (χ0n) is 17.9. The van der Waals surface area contributed by atoms with Crippen molar-refractivity contribution in [3.8, 4) is 11.8 Å². The van der Waals surface area contributed by atoms with Gasteiger partial charge in [0.05, 0.1) is 40.5 Å². The van der Waals surface area contributed by atoms with Crippen molar-refractivity contribution in [3.05, 3.63) is 100 Å². The van der Waals surface area contributed by atoms with E-state index in [1.54, 1.807) is 37.6 Å². The lowest BCUT2D eigenvalue weighted by molar-refractivity contribution is 0.0951. The van der Waals surface area contributed by atoms with Crippen molar-refractivity contribution >= 4 is 34.1 Å². The van der Waals surface area contributed by atoms with Gasteiger partial charge in [-0.15, -0.1) is 0 Å². The molecular formula is C26H21ClN4O2. The molecular weight excluding hydrogens is 436 g/mol. The summed E-state index contributed by atoms with van der Waals surface area (Å²) < 4.78 is 5.22. The number of pyridine rings is 1. The molecule has 164 valence electrons. The van der Waals surface area contributed by atoms with Crippen LogP contribution in [0.3, 0.4) is 0 Å². The molecule has 0 radical (unpaired) electrons. The van der Waals surface area contributed by atoms with E-state index in [9.17, 15) is 10.1 Å². The van der Waals surface area contributed by atoms with Crippen molar-refractivity contribution in [3.63, 3.8) is 0 Å². The summed E-state index contributed by atoms with van der Waals surface area (Å²) in [6.07, 6.45) is 1.55. The van der Waals surface area contributed by atoms with Gasteiger partial charge in [0.1, 0.15) is 5.75 Å². The Morgan fingerprint density at radius 1 is 1.06 bits per heavy atom. The molecule has 2 N–H and O–H groups in total. The van der Waals surface area contributed by atoms with Crippen LogP contribution in [0.25, 0.3) is 10.9 Å². The van der Waals surface area contributed by atoms with Gasteiger partial charge in [0.25, 0.3) is 5.91 Å². The highest BCUT2D eigenvalue weighted by molar-refractivity contribution is 6.32. The predicted molar refractivity (Wildman–Crippen MR) is 129 cm³/mol. The predicted octanol–water partition coefficient (Wildman–Crippen LogP) is 5.31. The lowest BCUT2D eigenvalue weighted by atomic mass is 10.1. The maximum atomic E-state index is 13.1. The van der Waals surface area contributed by atoms with Crippen LogP contribution in [0.2, 0.25) is 5.02 Å². The maximum Gasteiger partial charge on any atom is 0.255 e. The third kappa shape index (κ3) is 5.05. The summed E-state index contributed by atoms with van der Waals surface area (Å²) in [4.78, 5) is 17.5. The Labute approximate surface area is 196 Å². The third-order valence-corrected chi connectivity index (χ3v) is 5.52. The molecule has 0 aliphatic rings. The molecule has 4 rings (SSSR count). The molecule has 0 unspecified atom stereocenters. The number of carbonyl (C=O) groups is 1. The fraction of sp³-hybridized carbons (Fsp3) is 0.115. The van der Waals surface area contributed by atoms with E-state index in [0.717, 1.165) is 11.1 Å². The van der Waals surface area contributed by atoms with Crippen LogP contribution in [-0.4, -0.2) is 18.0 Å². The molecule has 0 spiro atoms. The van der Waals surface area contributed by atoms with Gasteiger partial charge >= 0.3 is 0 Å². The minimum absolute atomic E-state index is 0.258. The van der Waals surface area contributed by atoms with Crippen molar-refractivity contribution in [2.75, 3.05) is 12.4 Å². The number of fused-ring (bicyclic) bond motifs is 1. The molecule has 0 saturated heterocycles. The first-order valence-electron chi connectivity index (χ1n) is 10.3. The number of rotatable bonds is 7. The van der Waals surface area contributed by atoms with E-state index in [4.69, 9.17) is 16.3 Å². The van der Waals surface area contributed by atoms with E-state index < -0.39 is 0 Å². The minimum Gasteiger partial charge on any atom is -0.495 e. The molecule has 33 heavy (non-hydrogen) atoms. The summed E-state index contributed by atoms with van der Waals surface area (Å²) in [6, 6.07) is 22.6. The van der Waals surface area contributed by atoms with Gasteiger partial charge in [-0.05, 0) is 41.5 Å². The third-order valence-electron chi connectivity index (χ3n) is 5.22. The van der Waals surface area contributed by atoms with Crippen molar-refractivity contribution < 1.29 is 9.53 Å². The van der Waals surface area contributed by atoms with Crippen LogP contribution in [0.15, 0.2) is 72.9 Å². The molecule has 6 nitrogen and oxygen atoms in total. The second kappa shape index (κ2) is 10.0. The van der Waals surface area contributed by atoms with Crippen LogP contribution >= 0.6 is 11.6 Å². The summed E-state index contributed by atoms with van der Waals surface area (Å²) in [5.41, 5.74) is 4.08. The van der Waals surface area contributed by atoms with E-state index in [-0.39, 0.29) is 5.91 Å². The quantitative estimate of drug-likeness (QED) is 0.393. The summed E-state index contributed by atoms with van der Waals surface area (Å²) >= 11 is 6.26. The summed E-state index contributed by atoms with van der Waals surface area (Å²) in [5.74, 6) is 0.334. The van der Waals surface area contributed by atoms with Crippen molar-refractivity contribution in [1.82, 2.24) is 10.3 Å². The number of hydrogen-bond acceptors (Lipinski definition) is 5. The van der Waals surface area contributed by atoms with E-state index in [2.05, 4.69) is 21.7 Å². The normalized spacial score (nSPS) is 10.5. The standard InChI is InChI=1S/C26H21ClN4O2/c1-33-24-10-8-19(12-22(24)27)15-30-25-20-11-18(13-28)7-9-23(20)29-16-21(25)26(32)31-14-17-5-3-2-4-6-17/h2-12,16H,14-15H2,1H3,(H,29,30)(H,31,32). The second-order valence-electron chi connectivity index (χ2n) is 7.38. The van der Waals surface area contributed by atoms with Gasteiger partial charge < -0.3 is 15.4 Å². The number of benzene rings is 3. The van der Waals surface area contributed by atoms with Gasteiger partial charge in [-0.1, -0.05) is 48.0 Å². The molecule has 3 aromatic carbocycles. The highest BCUT2D eigenvalue weighted by atomic mass is 35.5. The van der Waals surface area contributed by atoms with Gasteiger partial charge in [-0.2, -0.15) is 5.26 Å². The number of ether oxygens (including phenoxy) is 1. The first-order valence-corrected chi connectivity index (χ1v) is 10.7. The number of anilines is 1. The second-order valence-corrected chi connectivity index (χ2v) is 7.79. The van der Waals surface area contributed by atoms with Crippen LogP contribution < -0.4 is 15.4 Å². The molecule has 1 heterocycles. The fourth-order valence-corrected chi connectivity index (χ4v) is 3.79. The topological polar surface area (TPSA) is 87.0 Å². The van der Waals surface area contributed by atoms with Crippen LogP contribution in [0.1, 0.15) is 27.0 Å². The monoisotopic (exact) mass is 456 g/mol. The number of nitriles is 1. The lowest BCUT2D eigenvalue weighted by Crippen LogP contribution is -2.24. The fourth-order valence-electron chi connectivity index (χ4n) is 3.51. The Kier molecular flexibility index (Phi) is 6.72. The number of carbonyl (C=O) groups excluding carboxylic acids is 1. The Balaban J connectivity index is 1.67. The number of nitrogens with one attached hydrogen (secondary N) is 2. The maximum absolute atomic E-state index is 13.1. The Morgan fingerprint density at radius 2 is 1.88 bits per heavy atom. The number of hydrogen-bond donors (Lipinski definition) is 2. The number of methoxy groups -OCH3 is 1. The molecule has 0 saturated carbocycles. The Morgan fingerprint density at radius 3 is 2.61 bits per heavy atom. The SMILES string of the molecule is COc1ccc(CNc2c(C(=O)NCc3ccccc3)cnc3ccc(C#N)cc23)cc1Cl. The number of nitrogens with zero attached hydrogens (tertiary/aromatic N) is 2. The molecule has 0 aliphatic carbocycles. The molecule has 0 fully saturated rings.